The minimum atomic E-state index is -1.27. The van der Waals surface area contributed by atoms with E-state index in [2.05, 4.69) is 10.5 Å². The van der Waals surface area contributed by atoms with Crippen LogP contribution in [-0.4, -0.2) is 27.8 Å². The number of para-hydroxylation sites is 1. The van der Waals surface area contributed by atoms with Gasteiger partial charge in [0, 0.05) is 5.56 Å². The molecule has 0 spiro atoms. The molecule has 0 saturated carbocycles. The van der Waals surface area contributed by atoms with E-state index in [0.717, 1.165) is 0 Å². The molecule has 106 valence electrons. The van der Waals surface area contributed by atoms with Crippen molar-refractivity contribution in [3.8, 4) is 5.75 Å². The topological polar surface area (TPSA) is 99.0 Å². The lowest BCUT2D eigenvalue weighted by molar-refractivity contribution is -0.129. The molecule has 2 aromatic rings. The lowest BCUT2D eigenvalue weighted by atomic mass is 10.1. The highest BCUT2D eigenvalue weighted by Crippen LogP contribution is 2.15. The molecule has 0 fully saturated rings. The number of phenols is 1. The van der Waals surface area contributed by atoms with Crippen LogP contribution in [0, 0.1) is 0 Å². The number of hydrazone groups is 1. The highest BCUT2D eigenvalue weighted by Gasteiger charge is 2.14. The van der Waals surface area contributed by atoms with Crippen molar-refractivity contribution in [2.75, 3.05) is 0 Å². The van der Waals surface area contributed by atoms with Gasteiger partial charge in [-0.1, -0.05) is 42.5 Å². The second-order valence-electron chi connectivity index (χ2n) is 4.09. The Labute approximate surface area is 120 Å². The third kappa shape index (κ3) is 3.44. The molecular formula is C15H12N2O4. The van der Waals surface area contributed by atoms with Gasteiger partial charge in [0.1, 0.15) is 5.75 Å². The number of phenolic OH excluding ortho intramolecular Hbond substituents is 1. The Kier molecular flexibility index (Phi) is 4.30. The number of carbonyl (C=O) groups is 2. The van der Waals surface area contributed by atoms with Crippen LogP contribution in [0.25, 0.3) is 0 Å². The number of nitrogens with zero attached hydrogens (tertiary/aromatic N) is 1. The van der Waals surface area contributed by atoms with Crippen molar-refractivity contribution >= 4 is 17.6 Å². The lowest BCUT2D eigenvalue weighted by Gasteiger charge is -2.04. The monoisotopic (exact) mass is 284 g/mol. The molecule has 0 aliphatic heterocycles. The van der Waals surface area contributed by atoms with Gasteiger partial charge in [-0.05, 0) is 12.1 Å². The summed E-state index contributed by atoms with van der Waals surface area (Å²) in [5, 5.41) is 22.3. The van der Waals surface area contributed by atoms with E-state index in [-0.39, 0.29) is 17.0 Å². The molecule has 6 nitrogen and oxygen atoms in total. The number of aromatic hydroxyl groups is 1. The fourth-order valence-electron chi connectivity index (χ4n) is 1.66. The number of nitrogens with one attached hydrogen (secondary N) is 1. The standard InChI is InChI=1S/C15H12N2O4/c18-12-9-5-4-8-11(12)14(19)17-16-13(15(20)21)10-6-2-1-3-7-10/h1-9,18H,(H,17,19)(H,20,21)/b16-13-. The predicted octanol–water partition coefficient (Wildman–Crippen LogP) is 1.61. The summed E-state index contributed by atoms with van der Waals surface area (Å²) in [5.41, 5.74) is 2.21. The van der Waals surface area contributed by atoms with Gasteiger partial charge in [-0.25, -0.2) is 10.2 Å². The number of benzene rings is 2. The Morgan fingerprint density at radius 2 is 1.57 bits per heavy atom. The van der Waals surface area contributed by atoms with Crippen molar-refractivity contribution in [1.82, 2.24) is 5.43 Å². The average Bonchev–Trinajstić information content (AvgIpc) is 2.48. The molecule has 2 rings (SSSR count). The zero-order valence-corrected chi connectivity index (χ0v) is 10.9. The number of amides is 1. The van der Waals surface area contributed by atoms with Crippen molar-refractivity contribution < 1.29 is 19.8 Å². The third-order valence-electron chi connectivity index (χ3n) is 2.67. The molecule has 0 saturated heterocycles. The molecule has 21 heavy (non-hydrogen) atoms. The first kappa shape index (κ1) is 14.3. The molecule has 0 unspecified atom stereocenters. The first-order valence-electron chi connectivity index (χ1n) is 6.04. The number of hydrogen-bond donors (Lipinski definition) is 3. The van der Waals surface area contributed by atoms with Crippen LogP contribution in [0.5, 0.6) is 5.75 Å². The summed E-state index contributed by atoms with van der Waals surface area (Å²) in [4.78, 5) is 23.0. The Morgan fingerprint density at radius 3 is 2.19 bits per heavy atom. The van der Waals surface area contributed by atoms with Crippen molar-refractivity contribution in [3.63, 3.8) is 0 Å². The van der Waals surface area contributed by atoms with Gasteiger partial charge >= 0.3 is 5.97 Å². The molecule has 0 radical (unpaired) electrons. The summed E-state index contributed by atoms with van der Waals surface area (Å²) in [6.07, 6.45) is 0. The lowest BCUT2D eigenvalue weighted by Crippen LogP contribution is -2.24. The van der Waals surface area contributed by atoms with Crippen LogP contribution in [0.15, 0.2) is 59.7 Å². The maximum atomic E-state index is 11.9. The van der Waals surface area contributed by atoms with Crippen LogP contribution in [0.4, 0.5) is 0 Å². The van der Waals surface area contributed by atoms with Gasteiger partial charge < -0.3 is 10.2 Å². The quantitative estimate of drug-likeness (QED) is 0.586. The molecular weight excluding hydrogens is 272 g/mol. The van der Waals surface area contributed by atoms with E-state index in [4.69, 9.17) is 5.11 Å². The SMILES string of the molecule is O=C(O)/C(=N\NC(=O)c1ccccc1O)c1ccccc1. The largest absolute Gasteiger partial charge is 0.507 e. The van der Waals surface area contributed by atoms with E-state index in [1.54, 1.807) is 42.5 Å². The Balaban J connectivity index is 2.24. The van der Waals surface area contributed by atoms with Crippen LogP contribution in [0.2, 0.25) is 0 Å². The summed E-state index contributed by atoms with van der Waals surface area (Å²) in [6, 6.07) is 14.1. The highest BCUT2D eigenvalue weighted by molar-refractivity contribution is 6.42. The summed E-state index contributed by atoms with van der Waals surface area (Å²) in [7, 11) is 0. The molecule has 0 bridgehead atoms. The zero-order chi connectivity index (χ0) is 15.2. The van der Waals surface area contributed by atoms with Crippen LogP contribution >= 0.6 is 0 Å². The number of carboxylic acids is 1. The van der Waals surface area contributed by atoms with Crippen LogP contribution in [0.3, 0.4) is 0 Å². The average molecular weight is 284 g/mol. The smallest absolute Gasteiger partial charge is 0.356 e. The molecule has 3 N–H and O–H groups in total. The Hall–Kier alpha value is -3.15. The number of rotatable bonds is 4. The predicted molar refractivity (Wildman–Crippen MR) is 76.2 cm³/mol. The Bertz CT molecular complexity index is 696. The molecule has 2 aromatic carbocycles. The molecule has 0 aliphatic carbocycles. The van der Waals surface area contributed by atoms with Gasteiger partial charge in [0.2, 0.25) is 0 Å². The number of carboxylic acid groups (broad SMARTS) is 1. The first-order chi connectivity index (χ1) is 10.1. The third-order valence-corrected chi connectivity index (χ3v) is 2.67. The molecule has 1 amide bonds. The van der Waals surface area contributed by atoms with Crippen molar-refractivity contribution in [3.05, 3.63) is 65.7 Å². The number of carbonyl (C=O) groups excluding carboxylic acids is 1. The van der Waals surface area contributed by atoms with Gasteiger partial charge in [0.15, 0.2) is 5.71 Å². The molecule has 0 aromatic heterocycles. The van der Waals surface area contributed by atoms with Gasteiger partial charge in [-0.15, -0.1) is 0 Å². The maximum absolute atomic E-state index is 11.9. The van der Waals surface area contributed by atoms with E-state index in [1.807, 2.05) is 0 Å². The molecule has 0 atom stereocenters. The molecule has 0 aliphatic rings. The second-order valence-corrected chi connectivity index (χ2v) is 4.09. The summed E-state index contributed by atoms with van der Waals surface area (Å²) >= 11 is 0. The number of aliphatic carboxylic acids is 1. The van der Waals surface area contributed by atoms with Gasteiger partial charge in [-0.3, -0.25) is 4.79 Å². The number of hydrogen-bond acceptors (Lipinski definition) is 4. The maximum Gasteiger partial charge on any atom is 0.356 e. The summed E-state index contributed by atoms with van der Waals surface area (Å²) < 4.78 is 0. The van der Waals surface area contributed by atoms with Crippen molar-refractivity contribution in [1.29, 1.82) is 0 Å². The fourth-order valence-corrected chi connectivity index (χ4v) is 1.66. The minimum Gasteiger partial charge on any atom is -0.507 e. The van der Waals surface area contributed by atoms with Crippen LogP contribution < -0.4 is 5.43 Å². The van der Waals surface area contributed by atoms with E-state index in [9.17, 15) is 14.7 Å². The summed E-state index contributed by atoms with van der Waals surface area (Å²) in [5.74, 6) is -2.16. The first-order valence-corrected chi connectivity index (χ1v) is 6.04. The molecule has 6 heteroatoms. The fraction of sp³-hybridized carbons (Fsp3) is 0. The zero-order valence-electron chi connectivity index (χ0n) is 10.9. The summed E-state index contributed by atoms with van der Waals surface area (Å²) in [6.45, 7) is 0. The van der Waals surface area contributed by atoms with Crippen LogP contribution in [0.1, 0.15) is 15.9 Å². The van der Waals surface area contributed by atoms with Crippen molar-refractivity contribution in [2.24, 2.45) is 5.10 Å². The highest BCUT2D eigenvalue weighted by atomic mass is 16.4. The van der Waals surface area contributed by atoms with Gasteiger partial charge in [0.05, 0.1) is 5.56 Å². The second kappa shape index (κ2) is 6.33. The minimum absolute atomic E-state index is 0.0130. The van der Waals surface area contributed by atoms with Crippen molar-refractivity contribution in [2.45, 2.75) is 0 Å². The Morgan fingerprint density at radius 1 is 0.952 bits per heavy atom. The molecule has 0 heterocycles. The van der Waals surface area contributed by atoms with E-state index in [1.165, 1.54) is 12.1 Å². The van der Waals surface area contributed by atoms with E-state index >= 15 is 0 Å². The van der Waals surface area contributed by atoms with Gasteiger partial charge in [-0.2, -0.15) is 5.10 Å². The van der Waals surface area contributed by atoms with Gasteiger partial charge in [0.25, 0.3) is 5.91 Å². The van der Waals surface area contributed by atoms with E-state index in [0.29, 0.717) is 5.56 Å². The normalized spacial score (nSPS) is 11.0. The van der Waals surface area contributed by atoms with E-state index < -0.39 is 11.9 Å². The van der Waals surface area contributed by atoms with Crippen LogP contribution in [-0.2, 0) is 4.79 Å².